The van der Waals surface area contributed by atoms with Gasteiger partial charge in [-0.2, -0.15) is 4.98 Å². The van der Waals surface area contributed by atoms with Crippen LogP contribution in [0, 0.1) is 20.8 Å². The zero-order valence-corrected chi connectivity index (χ0v) is 15.4. The van der Waals surface area contributed by atoms with E-state index in [4.69, 9.17) is 4.98 Å². The standard InChI is InChI=1S/C17H23BrN4O/c1-10-4-5-11(2)22(10)17-19-12(3)15(18)16(21-17)20-13-6-8-14(23)9-7-13/h4-5,13-14,23H,6-9H2,1-3H3,(H,19,20,21). The molecule has 0 bridgehead atoms. The lowest BCUT2D eigenvalue weighted by atomic mass is 9.93. The average molecular weight is 379 g/mol. The number of aliphatic hydroxyl groups is 1. The van der Waals surface area contributed by atoms with Crippen molar-refractivity contribution in [1.29, 1.82) is 0 Å². The van der Waals surface area contributed by atoms with E-state index in [1.807, 2.05) is 6.92 Å². The van der Waals surface area contributed by atoms with Gasteiger partial charge in [0.1, 0.15) is 5.82 Å². The van der Waals surface area contributed by atoms with Crippen molar-refractivity contribution in [2.75, 3.05) is 5.32 Å². The predicted octanol–water partition coefficient (Wildman–Crippen LogP) is 3.67. The van der Waals surface area contributed by atoms with E-state index in [-0.39, 0.29) is 6.10 Å². The van der Waals surface area contributed by atoms with Gasteiger partial charge in [-0.1, -0.05) is 0 Å². The SMILES string of the molecule is Cc1nc(-n2c(C)ccc2C)nc(NC2CCC(O)CC2)c1Br. The first kappa shape index (κ1) is 16.5. The molecule has 0 radical (unpaired) electrons. The normalized spacial score (nSPS) is 21.4. The molecule has 0 aliphatic heterocycles. The predicted molar refractivity (Wildman–Crippen MR) is 95.2 cm³/mol. The number of aliphatic hydroxyl groups excluding tert-OH is 1. The molecule has 0 saturated heterocycles. The maximum atomic E-state index is 9.66. The first-order valence-corrected chi connectivity index (χ1v) is 8.89. The van der Waals surface area contributed by atoms with Gasteiger partial charge in [0.15, 0.2) is 0 Å². The number of rotatable bonds is 3. The number of hydrogen-bond acceptors (Lipinski definition) is 4. The number of anilines is 1. The Bertz CT molecular complexity index is 685. The smallest absolute Gasteiger partial charge is 0.236 e. The van der Waals surface area contributed by atoms with Crippen LogP contribution in [0.25, 0.3) is 5.95 Å². The Hall–Kier alpha value is -1.40. The monoisotopic (exact) mass is 378 g/mol. The third kappa shape index (κ3) is 3.43. The van der Waals surface area contributed by atoms with Crippen LogP contribution in [0.1, 0.15) is 42.8 Å². The molecule has 0 amide bonds. The summed E-state index contributed by atoms with van der Waals surface area (Å²) < 4.78 is 2.98. The van der Waals surface area contributed by atoms with Crippen LogP contribution in [0.15, 0.2) is 16.6 Å². The summed E-state index contributed by atoms with van der Waals surface area (Å²) in [5.74, 6) is 1.53. The number of aromatic nitrogens is 3. The fourth-order valence-corrected chi connectivity index (χ4v) is 3.43. The lowest BCUT2D eigenvalue weighted by Crippen LogP contribution is -2.29. The highest BCUT2D eigenvalue weighted by molar-refractivity contribution is 9.10. The molecule has 0 aromatic carbocycles. The second-order valence-corrected chi connectivity index (χ2v) is 7.17. The molecule has 1 aliphatic carbocycles. The highest BCUT2D eigenvalue weighted by atomic mass is 79.9. The largest absolute Gasteiger partial charge is 0.393 e. The molecule has 1 aliphatic rings. The summed E-state index contributed by atoms with van der Waals surface area (Å²) in [4.78, 5) is 9.37. The molecule has 0 spiro atoms. The molecule has 124 valence electrons. The fourth-order valence-electron chi connectivity index (χ4n) is 3.14. The molecule has 23 heavy (non-hydrogen) atoms. The van der Waals surface area contributed by atoms with Gasteiger partial charge in [0.05, 0.1) is 16.3 Å². The van der Waals surface area contributed by atoms with E-state index in [1.165, 1.54) is 0 Å². The summed E-state index contributed by atoms with van der Waals surface area (Å²) in [6.45, 7) is 6.10. The summed E-state index contributed by atoms with van der Waals surface area (Å²) in [5, 5.41) is 13.2. The second kappa shape index (κ2) is 6.61. The molecule has 1 fully saturated rings. The van der Waals surface area contributed by atoms with Gasteiger partial charge >= 0.3 is 0 Å². The maximum Gasteiger partial charge on any atom is 0.236 e. The summed E-state index contributed by atoms with van der Waals surface area (Å²) in [6.07, 6.45) is 3.48. The Kier molecular flexibility index (Phi) is 4.73. The van der Waals surface area contributed by atoms with Gasteiger partial charge in [0.2, 0.25) is 5.95 Å². The first-order valence-electron chi connectivity index (χ1n) is 8.09. The third-order valence-corrected chi connectivity index (χ3v) is 5.46. The zero-order valence-electron chi connectivity index (χ0n) is 13.8. The molecule has 2 aromatic rings. The fraction of sp³-hybridized carbons (Fsp3) is 0.529. The minimum absolute atomic E-state index is 0.149. The molecule has 0 unspecified atom stereocenters. The minimum atomic E-state index is -0.149. The number of halogens is 1. The van der Waals surface area contributed by atoms with Crippen molar-refractivity contribution in [2.24, 2.45) is 0 Å². The van der Waals surface area contributed by atoms with E-state index in [0.29, 0.717) is 12.0 Å². The summed E-state index contributed by atoms with van der Waals surface area (Å²) >= 11 is 3.61. The van der Waals surface area contributed by atoms with Crippen molar-refractivity contribution < 1.29 is 5.11 Å². The number of nitrogens with one attached hydrogen (secondary N) is 1. The minimum Gasteiger partial charge on any atom is -0.393 e. The van der Waals surface area contributed by atoms with E-state index in [2.05, 4.69) is 56.8 Å². The van der Waals surface area contributed by atoms with Gasteiger partial charge < -0.3 is 10.4 Å². The molecule has 0 atom stereocenters. The van der Waals surface area contributed by atoms with Crippen molar-refractivity contribution in [1.82, 2.24) is 14.5 Å². The molecular weight excluding hydrogens is 356 g/mol. The van der Waals surface area contributed by atoms with Crippen LogP contribution in [0.5, 0.6) is 0 Å². The van der Waals surface area contributed by atoms with Crippen molar-refractivity contribution in [3.05, 3.63) is 33.7 Å². The molecule has 3 rings (SSSR count). The molecule has 2 N–H and O–H groups in total. The maximum absolute atomic E-state index is 9.66. The first-order chi connectivity index (χ1) is 11.0. The zero-order chi connectivity index (χ0) is 16.6. The van der Waals surface area contributed by atoms with Gasteiger partial charge in [0.25, 0.3) is 0 Å². The van der Waals surface area contributed by atoms with Crippen molar-refractivity contribution >= 4 is 21.7 Å². The van der Waals surface area contributed by atoms with E-state index in [0.717, 1.165) is 53.1 Å². The van der Waals surface area contributed by atoms with E-state index in [1.54, 1.807) is 0 Å². The van der Waals surface area contributed by atoms with Gasteiger partial charge in [0, 0.05) is 17.4 Å². The van der Waals surface area contributed by atoms with Gasteiger partial charge in [-0.15, -0.1) is 0 Å². The van der Waals surface area contributed by atoms with Gasteiger partial charge in [-0.3, -0.25) is 4.57 Å². The second-order valence-electron chi connectivity index (χ2n) is 6.37. The van der Waals surface area contributed by atoms with Crippen LogP contribution in [0.4, 0.5) is 5.82 Å². The van der Waals surface area contributed by atoms with Gasteiger partial charge in [-0.25, -0.2) is 4.98 Å². The molecule has 1 saturated carbocycles. The number of nitrogens with zero attached hydrogens (tertiary/aromatic N) is 3. The topological polar surface area (TPSA) is 63.0 Å². The Morgan fingerprint density at radius 3 is 2.30 bits per heavy atom. The van der Waals surface area contributed by atoms with E-state index in [9.17, 15) is 5.11 Å². The lowest BCUT2D eigenvalue weighted by Gasteiger charge is -2.27. The Labute approximate surface area is 145 Å². The Morgan fingerprint density at radius 2 is 1.70 bits per heavy atom. The molecule has 2 heterocycles. The molecule has 5 nitrogen and oxygen atoms in total. The Balaban J connectivity index is 1.91. The summed E-state index contributed by atoms with van der Waals surface area (Å²) in [6, 6.07) is 4.50. The van der Waals surface area contributed by atoms with Gasteiger partial charge in [-0.05, 0) is 74.5 Å². The van der Waals surface area contributed by atoms with Crippen LogP contribution in [-0.4, -0.2) is 31.8 Å². The number of hydrogen-bond donors (Lipinski definition) is 2. The Morgan fingerprint density at radius 1 is 1.09 bits per heavy atom. The third-order valence-electron chi connectivity index (χ3n) is 4.51. The summed E-state index contributed by atoms with van der Waals surface area (Å²) in [5.41, 5.74) is 3.16. The van der Waals surface area contributed by atoms with Crippen LogP contribution in [0.2, 0.25) is 0 Å². The van der Waals surface area contributed by atoms with Crippen LogP contribution in [-0.2, 0) is 0 Å². The average Bonchev–Trinajstić information content (AvgIpc) is 2.85. The molecule has 2 aromatic heterocycles. The van der Waals surface area contributed by atoms with E-state index < -0.39 is 0 Å². The van der Waals surface area contributed by atoms with Crippen LogP contribution in [0.3, 0.4) is 0 Å². The van der Waals surface area contributed by atoms with Crippen LogP contribution < -0.4 is 5.32 Å². The number of aryl methyl sites for hydroxylation is 3. The quantitative estimate of drug-likeness (QED) is 0.854. The van der Waals surface area contributed by atoms with Crippen molar-refractivity contribution in [3.8, 4) is 5.95 Å². The van der Waals surface area contributed by atoms with Crippen molar-refractivity contribution in [2.45, 2.75) is 58.6 Å². The highest BCUT2D eigenvalue weighted by Gasteiger charge is 2.21. The lowest BCUT2D eigenvalue weighted by molar-refractivity contribution is 0.126. The van der Waals surface area contributed by atoms with Crippen LogP contribution >= 0.6 is 15.9 Å². The molecular formula is C17H23BrN4O. The van der Waals surface area contributed by atoms with Crippen molar-refractivity contribution in [3.63, 3.8) is 0 Å². The summed E-state index contributed by atoms with van der Waals surface area (Å²) in [7, 11) is 0. The molecule has 6 heteroatoms. The van der Waals surface area contributed by atoms with E-state index >= 15 is 0 Å². The highest BCUT2D eigenvalue weighted by Crippen LogP contribution is 2.28.